The van der Waals surface area contributed by atoms with Crippen LogP contribution in [-0.4, -0.2) is 59.5 Å². The summed E-state index contributed by atoms with van der Waals surface area (Å²) in [7, 11) is 1.31. The number of hydrogen-bond donors (Lipinski definition) is 2. The minimum Gasteiger partial charge on any atom is -0.468 e. The van der Waals surface area contributed by atoms with Crippen LogP contribution in [-0.2, 0) is 25.5 Å². The fraction of sp³-hybridized carbons (Fsp3) is 0.545. The number of imide groups is 1. The van der Waals surface area contributed by atoms with Crippen LogP contribution in [0.3, 0.4) is 0 Å². The third-order valence-electron chi connectivity index (χ3n) is 6.68. The zero-order valence-corrected chi connectivity index (χ0v) is 17.8. The quantitative estimate of drug-likeness (QED) is 0.553. The highest BCUT2D eigenvalue weighted by molar-refractivity contribution is 6.08. The SMILES string of the molecule is COC(=O)[C@H]1c2ccccc2CCN1CC(=O)NN1C(=O)NC2(CCC(C)CC2)C1=O. The molecule has 1 saturated carbocycles. The van der Waals surface area contributed by atoms with Crippen molar-refractivity contribution in [1.82, 2.24) is 20.7 Å². The lowest BCUT2D eigenvalue weighted by Gasteiger charge is -2.35. The summed E-state index contributed by atoms with van der Waals surface area (Å²) in [5.74, 6) is -0.884. The normalized spacial score (nSPS) is 28.3. The highest BCUT2D eigenvalue weighted by atomic mass is 16.5. The molecule has 4 rings (SSSR count). The van der Waals surface area contributed by atoms with Gasteiger partial charge < -0.3 is 10.1 Å². The smallest absolute Gasteiger partial charge is 0.344 e. The summed E-state index contributed by atoms with van der Waals surface area (Å²) in [6.45, 7) is 2.46. The molecule has 2 fully saturated rings. The van der Waals surface area contributed by atoms with E-state index in [0.717, 1.165) is 29.0 Å². The van der Waals surface area contributed by atoms with E-state index in [2.05, 4.69) is 17.7 Å². The predicted molar refractivity (Wildman–Crippen MR) is 110 cm³/mol. The second-order valence-electron chi connectivity index (χ2n) is 8.72. The molecule has 31 heavy (non-hydrogen) atoms. The molecule has 0 unspecified atom stereocenters. The molecule has 4 amide bonds. The van der Waals surface area contributed by atoms with Crippen molar-refractivity contribution >= 4 is 23.8 Å². The van der Waals surface area contributed by atoms with Gasteiger partial charge in [0.15, 0.2) is 0 Å². The van der Waals surface area contributed by atoms with E-state index < -0.39 is 35.4 Å². The number of amides is 4. The second kappa shape index (κ2) is 8.30. The van der Waals surface area contributed by atoms with E-state index in [1.54, 1.807) is 4.90 Å². The molecule has 9 heteroatoms. The van der Waals surface area contributed by atoms with Gasteiger partial charge in [0.2, 0.25) is 0 Å². The molecular weight excluding hydrogens is 400 g/mol. The Morgan fingerprint density at radius 2 is 1.94 bits per heavy atom. The van der Waals surface area contributed by atoms with Gasteiger partial charge in [-0.2, -0.15) is 5.01 Å². The average Bonchev–Trinajstić information content (AvgIpc) is 2.99. The van der Waals surface area contributed by atoms with Gasteiger partial charge in [-0.3, -0.25) is 19.9 Å². The van der Waals surface area contributed by atoms with E-state index in [9.17, 15) is 19.2 Å². The highest BCUT2D eigenvalue weighted by Crippen LogP contribution is 2.36. The molecule has 0 aromatic heterocycles. The Balaban J connectivity index is 1.45. The van der Waals surface area contributed by atoms with Gasteiger partial charge in [-0.25, -0.2) is 9.59 Å². The maximum absolute atomic E-state index is 12.9. The van der Waals surface area contributed by atoms with Crippen molar-refractivity contribution in [3.05, 3.63) is 35.4 Å². The summed E-state index contributed by atoms with van der Waals surface area (Å²) < 4.78 is 4.97. The van der Waals surface area contributed by atoms with Gasteiger partial charge >= 0.3 is 12.0 Å². The third-order valence-corrected chi connectivity index (χ3v) is 6.68. The Morgan fingerprint density at radius 1 is 1.23 bits per heavy atom. The van der Waals surface area contributed by atoms with Gasteiger partial charge in [0.25, 0.3) is 11.8 Å². The van der Waals surface area contributed by atoms with Crippen LogP contribution in [0.4, 0.5) is 4.79 Å². The maximum atomic E-state index is 12.9. The van der Waals surface area contributed by atoms with Gasteiger partial charge in [-0.05, 0) is 49.1 Å². The first kappa shape index (κ1) is 21.3. The Bertz CT molecular complexity index is 909. The van der Waals surface area contributed by atoms with E-state index in [1.807, 2.05) is 24.3 Å². The summed E-state index contributed by atoms with van der Waals surface area (Å²) in [5.41, 5.74) is 3.37. The Morgan fingerprint density at radius 3 is 2.65 bits per heavy atom. The molecule has 166 valence electrons. The number of nitrogens with one attached hydrogen (secondary N) is 2. The first-order valence-corrected chi connectivity index (χ1v) is 10.7. The molecule has 1 aromatic rings. The molecule has 0 radical (unpaired) electrons. The van der Waals surface area contributed by atoms with Crippen LogP contribution >= 0.6 is 0 Å². The van der Waals surface area contributed by atoms with Crippen molar-refractivity contribution in [3.8, 4) is 0 Å². The molecule has 2 N–H and O–H groups in total. The molecular formula is C22H28N4O5. The zero-order chi connectivity index (χ0) is 22.2. The number of fused-ring (bicyclic) bond motifs is 1. The van der Waals surface area contributed by atoms with Crippen molar-refractivity contribution in [2.45, 2.75) is 50.6 Å². The number of esters is 1. The van der Waals surface area contributed by atoms with Crippen molar-refractivity contribution in [3.63, 3.8) is 0 Å². The van der Waals surface area contributed by atoms with E-state index in [1.165, 1.54) is 7.11 Å². The van der Waals surface area contributed by atoms with Crippen LogP contribution in [0.25, 0.3) is 0 Å². The maximum Gasteiger partial charge on any atom is 0.344 e. The number of hydrogen-bond acceptors (Lipinski definition) is 6. The number of benzene rings is 1. The van der Waals surface area contributed by atoms with Crippen LogP contribution in [0.2, 0.25) is 0 Å². The first-order valence-electron chi connectivity index (χ1n) is 10.7. The van der Waals surface area contributed by atoms with Gasteiger partial charge in [-0.1, -0.05) is 31.2 Å². The van der Waals surface area contributed by atoms with Crippen LogP contribution < -0.4 is 10.7 Å². The summed E-state index contributed by atoms with van der Waals surface area (Å²) in [6.07, 6.45) is 3.52. The number of hydrazine groups is 1. The molecule has 9 nitrogen and oxygen atoms in total. The molecule has 0 bridgehead atoms. The Labute approximate surface area is 181 Å². The van der Waals surface area contributed by atoms with E-state index in [0.29, 0.717) is 31.7 Å². The molecule has 3 aliphatic rings. The van der Waals surface area contributed by atoms with Crippen LogP contribution in [0.5, 0.6) is 0 Å². The first-order chi connectivity index (χ1) is 14.8. The van der Waals surface area contributed by atoms with E-state index >= 15 is 0 Å². The van der Waals surface area contributed by atoms with Crippen LogP contribution in [0.1, 0.15) is 49.8 Å². The molecule has 1 aliphatic carbocycles. The molecule has 2 aliphatic heterocycles. The van der Waals surface area contributed by atoms with Crippen molar-refractivity contribution in [2.75, 3.05) is 20.2 Å². The summed E-state index contributed by atoms with van der Waals surface area (Å²) in [4.78, 5) is 52.3. The molecule has 1 saturated heterocycles. The number of nitrogens with zero attached hydrogens (tertiary/aromatic N) is 2. The van der Waals surface area contributed by atoms with Crippen molar-refractivity contribution in [2.24, 2.45) is 5.92 Å². The fourth-order valence-electron chi connectivity index (χ4n) is 4.84. The largest absolute Gasteiger partial charge is 0.468 e. The van der Waals surface area contributed by atoms with E-state index in [-0.39, 0.29) is 6.54 Å². The minimum absolute atomic E-state index is 0.144. The third kappa shape index (κ3) is 3.89. The number of rotatable bonds is 4. The van der Waals surface area contributed by atoms with E-state index in [4.69, 9.17) is 4.74 Å². The Kier molecular flexibility index (Phi) is 5.70. The van der Waals surface area contributed by atoms with Gasteiger partial charge in [0.05, 0.1) is 13.7 Å². The lowest BCUT2D eigenvalue weighted by Crippen LogP contribution is -2.53. The lowest BCUT2D eigenvalue weighted by atomic mass is 9.77. The van der Waals surface area contributed by atoms with Gasteiger partial charge in [0.1, 0.15) is 11.6 Å². The standard InChI is InChI=1S/C22H28N4O5/c1-14-7-10-22(11-8-14)20(29)26(21(30)23-22)24-17(27)13-25-12-9-15-5-3-4-6-16(15)18(25)19(28)31-2/h3-6,14,18H,7-13H2,1-2H3,(H,23,30)(H,24,27)/t14?,18-,22?/m1/s1. The summed E-state index contributed by atoms with van der Waals surface area (Å²) >= 11 is 0. The van der Waals surface area contributed by atoms with Gasteiger partial charge in [-0.15, -0.1) is 0 Å². The number of ether oxygens (including phenoxy) is 1. The average molecular weight is 428 g/mol. The van der Waals surface area contributed by atoms with Crippen LogP contribution in [0, 0.1) is 5.92 Å². The Hall–Kier alpha value is -2.94. The molecule has 1 aromatic carbocycles. The topological polar surface area (TPSA) is 108 Å². The number of urea groups is 1. The molecule has 1 spiro atoms. The van der Waals surface area contributed by atoms with Crippen LogP contribution in [0.15, 0.2) is 24.3 Å². The van der Waals surface area contributed by atoms with Gasteiger partial charge in [0, 0.05) is 6.54 Å². The molecule has 2 heterocycles. The van der Waals surface area contributed by atoms with Crippen molar-refractivity contribution in [1.29, 1.82) is 0 Å². The minimum atomic E-state index is -0.921. The van der Waals surface area contributed by atoms with Crippen molar-refractivity contribution < 1.29 is 23.9 Å². The summed E-state index contributed by atoms with van der Waals surface area (Å²) in [5, 5.41) is 3.58. The monoisotopic (exact) mass is 428 g/mol. The number of carbonyl (C=O) groups excluding carboxylic acids is 4. The fourth-order valence-corrected chi connectivity index (χ4v) is 4.84. The second-order valence-corrected chi connectivity index (χ2v) is 8.72. The number of methoxy groups -OCH3 is 1. The molecule has 1 atom stereocenters. The zero-order valence-electron chi connectivity index (χ0n) is 17.8. The highest BCUT2D eigenvalue weighted by Gasteiger charge is 2.53. The lowest BCUT2D eigenvalue weighted by molar-refractivity contribution is -0.149. The summed E-state index contributed by atoms with van der Waals surface area (Å²) in [6, 6.07) is 6.24. The predicted octanol–water partition coefficient (Wildman–Crippen LogP) is 1.29. The number of carbonyl (C=O) groups is 4.